The highest BCUT2D eigenvalue weighted by molar-refractivity contribution is 6.32. The summed E-state index contributed by atoms with van der Waals surface area (Å²) in [6.07, 6.45) is 2.75. The largest absolute Gasteiger partial charge is 0.368 e. The number of anilines is 2. The van der Waals surface area contributed by atoms with Crippen LogP contribution in [-0.2, 0) is 0 Å². The SMILES string of the molecule is CCN1CCC(CNc2nc(N)ncc2Cl)C1. The van der Waals surface area contributed by atoms with Gasteiger partial charge in [-0.15, -0.1) is 0 Å². The smallest absolute Gasteiger partial charge is 0.222 e. The second kappa shape index (κ2) is 5.51. The normalized spacial score (nSPS) is 20.7. The molecule has 3 N–H and O–H groups in total. The van der Waals surface area contributed by atoms with E-state index in [-0.39, 0.29) is 5.95 Å². The molecule has 0 amide bonds. The van der Waals surface area contributed by atoms with Crippen molar-refractivity contribution >= 4 is 23.4 Å². The molecule has 94 valence electrons. The van der Waals surface area contributed by atoms with E-state index in [0.29, 0.717) is 16.8 Å². The quantitative estimate of drug-likeness (QED) is 0.853. The van der Waals surface area contributed by atoms with Crippen LogP contribution in [0.5, 0.6) is 0 Å². The molecule has 1 aromatic rings. The molecule has 6 heteroatoms. The van der Waals surface area contributed by atoms with Gasteiger partial charge in [0.1, 0.15) is 10.8 Å². The van der Waals surface area contributed by atoms with Gasteiger partial charge < -0.3 is 16.0 Å². The van der Waals surface area contributed by atoms with Crippen LogP contribution >= 0.6 is 11.6 Å². The van der Waals surface area contributed by atoms with Crippen molar-refractivity contribution in [3.05, 3.63) is 11.2 Å². The summed E-state index contributed by atoms with van der Waals surface area (Å²) < 4.78 is 0. The summed E-state index contributed by atoms with van der Waals surface area (Å²) in [6.45, 7) is 6.52. The van der Waals surface area contributed by atoms with Crippen molar-refractivity contribution in [1.82, 2.24) is 14.9 Å². The minimum atomic E-state index is 0.249. The minimum Gasteiger partial charge on any atom is -0.368 e. The first-order valence-electron chi connectivity index (χ1n) is 5.93. The van der Waals surface area contributed by atoms with Crippen LogP contribution in [0.15, 0.2) is 6.20 Å². The molecule has 1 saturated heterocycles. The Morgan fingerprint density at radius 3 is 3.18 bits per heavy atom. The number of nitrogens with one attached hydrogen (secondary N) is 1. The van der Waals surface area contributed by atoms with Gasteiger partial charge in [-0.05, 0) is 25.4 Å². The monoisotopic (exact) mass is 255 g/mol. The van der Waals surface area contributed by atoms with Crippen LogP contribution in [-0.4, -0.2) is 41.0 Å². The number of nitrogens with zero attached hydrogens (tertiary/aromatic N) is 3. The molecule has 2 rings (SSSR count). The molecule has 17 heavy (non-hydrogen) atoms. The first kappa shape index (κ1) is 12.4. The molecule has 0 aromatic carbocycles. The van der Waals surface area contributed by atoms with Gasteiger partial charge >= 0.3 is 0 Å². The third-order valence-corrected chi connectivity index (χ3v) is 3.41. The summed E-state index contributed by atoms with van der Waals surface area (Å²) in [5.41, 5.74) is 5.53. The fourth-order valence-electron chi connectivity index (χ4n) is 2.11. The standard InChI is InChI=1S/C11H18ClN5/c1-2-17-4-3-8(7-17)5-14-10-9(12)6-15-11(13)16-10/h6,8H,2-5,7H2,1H3,(H3,13,14,15,16). The molecule has 0 aliphatic carbocycles. The van der Waals surface area contributed by atoms with Crippen molar-refractivity contribution in [3.63, 3.8) is 0 Å². The summed E-state index contributed by atoms with van der Waals surface area (Å²) in [5.74, 6) is 1.54. The average molecular weight is 256 g/mol. The Balaban J connectivity index is 1.88. The first-order valence-corrected chi connectivity index (χ1v) is 6.31. The molecule has 1 unspecified atom stereocenters. The van der Waals surface area contributed by atoms with Crippen LogP contribution in [0.1, 0.15) is 13.3 Å². The van der Waals surface area contributed by atoms with Gasteiger partial charge in [-0.1, -0.05) is 18.5 Å². The number of hydrogen-bond donors (Lipinski definition) is 2. The lowest BCUT2D eigenvalue weighted by atomic mass is 10.1. The Labute approximate surface area is 106 Å². The lowest BCUT2D eigenvalue weighted by Crippen LogP contribution is -2.22. The Kier molecular flexibility index (Phi) is 4.02. The lowest BCUT2D eigenvalue weighted by Gasteiger charge is -2.14. The zero-order valence-electron chi connectivity index (χ0n) is 9.99. The highest BCUT2D eigenvalue weighted by atomic mass is 35.5. The molecule has 1 aliphatic heterocycles. The highest BCUT2D eigenvalue weighted by Crippen LogP contribution is 2.21. The van der Waals surface area contributed by atoms with Gasteiger partial charge in [0.2, 0.25) is 5.95 Å². The second-order valence-electron chi connectivity index (χ2n) is 4.35. The molecule has 0 bridgehead atoms. The molecule has 1 aliphatic rings. The van der Waals surface area contributed by atoms with Crippen LogP contribution in [0.25, 0.3) is 0 Å². The maximum absolute atomic E-state index is 5.98. The Bertz CT molecular complexity index is 384. The maximum atomic E-state index is 5.98. The fraction of sp³-hybridized carbons (Fsp3) is 0.636. The van der Waals surface area contributed by atoms with Crippen LogP contribution < -0.4 is 11.1 Å². The molecular weight excluding hydrogens is 238 g/mol. The van der Waals surface area contributed by atoms with E-state index in [4.69, 9.17) is 17.3 Å². The van der Waals surface area contributed by atoms with Crippen molar-refractivity contribution in [2.24, 2.45) is 5.92 Å². The van der Waals surface area contributed by atoms with Gasteiger partial charge in [-0.3, -0.25) is 0 Å². The van der Waals surface area contributed by atoms with E-state index in [9.17, 15) is 0 Å². The molecule has 1 fully saturated rings. The van der Waals surface area contributed by atoms with E-state index in [1.54, 1.807) is 0 Å². The number of rotatable bonds is 4. The predicted octanol–water partition coefficient (Wildman–Crippen LogP) is 1.47. The molecule has 1 aromatic heterocycles. The number of halogens is 1. The number of nitrogens with two attached hydrogens (primary N) is 1. The summed E-state index contributed by atoms with van der Waals surface area (Å²) in [5, 5.41) is 3.77. The van der Waals surface area contributed by atoms with Crippen molar-refractivity contribution in [2.45, 2.75) is 13.3 Å². The van der Waals surface area contributed by atoms with Crippen molar-refractivity contribution in [1.29, 1.82) is 0 Å². The van der Waals surface area contributed by atoms with Gasteiger partial charge in [-0.25, -0.2) is 4.98 Å². The first-order chi connectivity index (χ1) is 8.19. The third kappa shape index (κ3) is 3.20. The molecule has 0 radical (unpaired) electrons. The molecular formula is C11H18ClN5. The molecule has 0 saturated carbocycles. The molecule has 2 heterocycles. The van der Waals surface area contributed by atoms with Gasteiger partial charge in [-0.2, -0.15) is 4.98 Å². The van der Waals surface area contributed by atoms with Crippen molar-refractivity contribution < 1.29 is 0 Å². The zero-order valence-corrected chi connectivity index (χ0v) is 10.7. The zero-order chi connectivity index (χ0) is 12.3. The van der Waals surface area contributed by atoms with E-state index in [2.05, 4.69) is 27.1 Å². The van der Waals surface area contributed by atoms with Gasteiger partial charge in [0.15, 0.2) is 0 Å². The molecule has 5 nitrogen and oxygen atoms in total. The minimum absolute atomic E-state index is 0.249. The molecule has 1 atom stereocenters. The molecule has 0 spiro atoms. The van der Waals surface area contributed by atoms with E-state index in [0.717, 1.165) is 19.6 Å². The lowest BCUT2D eigenvalue weighted by molar-refractivity contribution is 0.345. The van der Waals surface area contributed by atoms with Crippen molar-refractivity contribution in [2.75, 3.05) is 37.2 Å². The van der Waals surface area contributed by atoms with Gasteiger partial charge in [0, 0.05) is 13.1 Å². The van der Waals surface area contributed by atoms with E-state index in [1.807, 2.05) is 0 Å². The third-order valence-electron chi connectivity index (χ3n) is 3.14. The number of nitrogen functional groups attached to an aromatic ring is 1. The van der Waals surface area contributed by atoms with Gasteiger partial charge in [0.25, 0.3) is 0 Å². The second-order valence-corrected chi connectivity index (χ2v) is 4.76. The summed E-state index contributed by atoms with van der Waals surface area (Å²) >= 11 is 5.98. The summed E-state index contributed by atoms with van der Waals surface area (Å²) in [7, 11) is 0. The highest BCUT2D eigenvalue weighted by Gasteiger charge is 2.21. The van der Waals surface area contributed by atoms with Crippen molar-refractivity contribution in [3.8, 4) is 0 Å². The van der Waals surface area contributed by atoms with Crippen LogP contribution in [0, 0.1) is 5.92 Å². The number of hydrogen-bond acceptors (Lipinski definition) is 5. The van der Waals surface area contributed by atoms with E-state index < -0.39 is 0 Å². The Morgan fingerprint density at radius 2 is 2.47 bits per heavy atom. The van der Waals surface area contributed by atoms with Gasteiger partial charge in [0.05, 0.1) is 6.20 Å². The Hall–Kier alpha value is -1.07. The topological polar surface area (TPSA) is 67.1 Å². The van der Waals surface area contributed by atoms with Crippen LogP contribution in [0.4, 0.5) is 11.8 Å². The number of aromatic nitrogens is 2. The predicted molar refractivity (Wildman–Crippen MR) is 70.2 cm³/mol. The van der Waals surface area contributed by atoms with Crippen LogP contribution in [0.3, 0.4) is 0 Å². The summed E-state index contributed by atoms with van der Waals surface area (Å²) in [6, 6.07) is 0. The average Bonchev–Trinajstić information content (AvgIpc) is 2.78. The van der Waals surface area contributed by atoms with E-state index in [1.165, 1.54) is 19.2 Å². The number of likely N-dealkylation sites (tertiary alicyclic amines) is 1. The fourth-order valence-corrected chi connectivity index (χ4v) is 2.27. The Morgan fingerprint density at radius 1 is 1.65 bits per heavy atom. The maximum Gasteiger partial charge on any atom is 0.222 e. The van der Waals surface area contributed by atoms with Crippen LogP contribution in [0.2, 0.25) is 5.02 Å². The summed E-state index contributed by atoms with van der Waals surface area (Å²) in [4.78, 5) is 10.4. The van der Waals surface area contributed by atoms with E-state index >= 15 is 0 Å².